The van der Waals surface area contributed by atoms with E-state index < -0.39 is 0 Å². The zero-order chi connectivity index (χ0) is 16.1. The van der Waals surface area contributed by atoms with Gasteiger partial charge in [0.05, 0.1) is 11.3 Å². The number of amides is 1. The predicted octanol–water partition coefficient (Wildman–Crippen LogP) is 0.967. The summed E-state index contributed by atoms with van der Waals surface area (Å²) in [5.74, 6) is -0.0113. The fourth-order valence-corrected chi connectivity index (χ4v) is 2.84. The molecule has 0 unspecified atom stereocenters. The lowest BCUT2D eigenvalue weighted by Crippen LogP contribution is -2.48. The molecule has 1 fully saturated rings. The molecule has 6 nitrogen and oxygen atoms in total. The van der Waals surface area contributed by atoms with Crippen LogP contribution in [0, 0.1) is 6.92 Å². The van der Waals surface area contributed by atoms with Crippen LogP contribution in [0.3, 0.4) is 0 Å². The molecule has 1 N–H and O–H groups in total. The van der Waals surface area contributed by atoms with Gasteiger partial charge in [0, 0.05) is 51.5 Å². The largest absolute Gasteiger partial charge is 0.352 e. The number of hydrogen-bond acceptors (Lipinski definition) is 4. The minimum absolute atomic E-state index is 0.0113. The molecule has 0 bridgehead atoms. The number of aryl methyl sites for hydroxylation is 2. The summed E-state index contributed by atoms with van der Waals surface area (Å²) in [5.41, 5.74) is 1.49. The summed E-state index contributed by atoms with van der Waals surface area (Å²) in [7, 11) is 2.17. The van der Waals surface area contributed by atoms with Gasteiger partial charge in [-0.1, -0.05) is 0 Å². The lowest BCUT2D eigenvalue weighted by Gasteiger charge is -2.36. The summed E-state index contributed by atoms with van der Waals surface area (Å²) in [5, 5.41) is 7.34. The van der Waals surface area contributed by atoms with Gasteiger partial charge in [0.15, 0.2) is 0 Å². The zero-order valence-corrected chi connectivity index (χ0v) is 14.3. The van der Waals surface area contributed by atoms with Crippen molar-refractivity contribution in [3.8, 4) is 0 Å². The Balaban J connectivity index is 1.75. The van der Waals surface area contributed by atoms with Crippen LogP contribution in [0.1, 0.15) is 36.3 Å². The summed E-state index contributed by atoms with van der Waals surface area (Å²) in [4.78, 5) is 17.1. The summed E-state index contributed by atoms with van der Waals surface area (Å²) in [6.45, 7) is 12.1. The molecule has 6 heteroatoms. The van der Waals surface area contributed by atoms with Gasteiger partial charge in [-0.2, -0.15) is 5.10 Å². The lowest BCUT2D eigenvalue weighted by molar-refractivity contribution is 0.0934. The first-order valence-corrected chi connectivity index (χ1v) is 8.26. The van der Waals surface area contributed by atoms with E-state index in [0.29, 0.717) is 18.2 Å². The number of nitrogens with zero attached hydrogens (tertiary/aromatic N) is 4. The predicted molar refractivity (Wildman–Crippen MR) is 88.1 cm³/mol. The Morgan fingerprint density at radius 3 is 2.64 bits per heavy atom. The average Bonchev–Trinajstić information content (AvgIpc) is 2.89. The third-order valence-electron chi connectivity index (χ3n) is 4.52. The third kappa shape index (κ3) is 4.30. The van der Waals surface area contributed by atoms with Gasteiger partial charge < -0.3 is 10.2 Å². The molecule has 1 aromatic rings. The van der Waals surface area contributed by atoms with Crippen molar-refractivity contribution in [1.82, 2.24) is 24.9 Å². The number of rotatable bonds is 6. The number of likely N-dealkylation sites (N-methyl/N-ethyl adjacent to an activating group) is 1. The first kappa shape index (κ1) is 17.0. The molecule has 1 atom stereocenters. The number of hydrogen-bond donors (Lipinski definition) is 1. The Kier molecular flexibility index (Phi) is 5.97. The second-order valence-electron chi connectivity index (χ2n) is 6.22. The van der Waals surface area contributed by atoms with E-state index in [2.05, 4.69) is 34.2 Å². The second-order valence-corrected chi connectivity index (χ2v) is 6.22. The Bertz CT molecular complexity index is 491. The molecule has 1 aromatic heterocycles. The van der Waals surface area contributed by atoms with Crippen LogP contribution in [0.2, 0.25) is 0 Å². The minimum atomic E-state index is -0.0113. The number of nitrogens with one attached hydrogen (secondary N) is 1. The molecular formula is C16H29N5O. The summed E-state index contributed by atoms with van der Waals surface area (Å²) >= 11 is 0. The monoisotopic (exact) mass is 307 g/mol. The van der Waals surface area contributed by atoms with Gasteiger partial charge in [-0.05, 0) is 34.2 Å². The maximum absolute atomic E-state index is 12.2. The van der Waals surface area contributed by atoms with Crippen molar-refractivity contribution in [2.45, 2.75) is 39.8 Å². The minimum Gasteiger partial charge on any atom is -0.352 e. The molecular weight excluding hydrogens is 278 g/mol. The van der Waals surface area contributed by atoms with Gasteiger partial charge in [-0.15, -0.1) is 0 Å². The molecule has 1 aliphatic heterocycles. The SMILES string of the molecule is CCn1cc(C(=O)NCC[C@@H](C)N2CCN(C)CC2)c(C)n1. The van der Waals surface area contributed by atoms with Gasteiger partial charge in [-0.3, -0.25) is 14.4 Å². The Morgan fingerprint density at radius 2 is 2.05 bits per heavy atom. The van der Waals surface area contributed by atoms with Crippen molar-refractivity contribution in [2.75, 3.05) is 39.8 Å². The van der Waals surface area contributed by atoms with Crippen molar-refractivity contribution < 1.29 is 4.79 Å². The standard InChI is InChI=1S/C16H29N5O/c1-5-21-12-15(14(3)18-21)16(22)17-7-6-13(2)20-10-8-19(4)9-11-20/h12-13H,5-11H2,1-4H3,(H,17,22)/t13-/m1/s1. The second kappa shape index (κ2) is 7.74. The van der Waals surface area contributed by atoms with Crippen molar-refractivity contribution in [3.63, 3.8) is 0 Å². The number of carbonyl (C=O) groups is 1. The van der Waals surface area contributed by atoms with Crippen molar-refractivity contribution in [3.05, 3.63) is 17.5 Å². The molecule has 0 spiro atoms. The number of carbonyl (C=O) groups excluding carboxylic acids is 1. The topological polar surface area (TPSA) is 53.4 Å². The van der Waals surface area contributed by atoms with Gasteiger partial charge in [0.25, 0.3) is 5.91 Å². The third-order valence-corrected chi connectivity index (χ3v) is 4.52. The highest BCUT2D eigenvalue weighted by Gasteiger charge is 2.19. The summed E-state index contributed by atoms with van der Waals surface area (Å²) in [6.07, 6.45) is 2.81. The van der Waals surface area contributed by atoms with Crippen LogP contribution in [0.25, 0.3) is 0 Å². The Morgan fingerprint density at radius 1 is 1.36 bits per heavy atom. The van der Waals surface area contributed by atoms with E-state index in [4.69, 9.17) is 0 Å². The molecule has 1 aliphatic rings. The summed E-state index contributed by atoms with van der Waals surface area (Å²) < 4.78 is 1.80. The van der Waals surface area contributed by atoms with Crippen molar-refractivity contribution in [1.29, 1.82) is 0 Å². The van der Waals surface area contributed by atoms with Crippen LogP contribution in [0.5, 0.6) is 0 Å². The van der Waals surface area contributed by atoms with E-state index in [1.165, 1.54) is 0 Å². The van der Waals surface area contributed by atoms with Crippen LogP contribution in [-0.2, 0) is 6.54 Å². The smallest absolute Gasteiger partial charge is 0.254 e. The van der Waals surface area contributed by atoms with Gasteiger partial charge >= 0.3 is 0 Å². The maximum atomic E-state index is 12.2. The van der Waals surface area contributed by atoms with E-state index in [1.54, 1.807) is 4.68 Å². The summed E-state index contributed by atoms with van der Waals surface area (Å²) in [6, 6.07) is 0.508. The van der Waals surface area contributed by atoms with Crippen LogP contribution < -0.4 is 5.32 Å². The van der Waals surface area contributed by atoms with Crippen LogP contribution in [0.4, 0.5) is 0 Å². The molecule has 0 aromatic carbocycles. The molecule has 22 heavy (non-hydrogen) atoms. The zero-order valence-electron chi connectivity index (χ0n) is 14.3. The fourth-order valence-electron chi connectivity index (χ4n) is 2.84. The van der Waals surface area contributed by atoms with Gasteiger partial charge in [0.1, 0.15) is 0 Å². The van der Waals surface area contributed by atoms with Crippen LogP contribution in [-0.4, -0.2) is 71.3 Å². The number of piperazine rings is 1. The molecule has 2 rings (SSSR count). The van der Waals surface area contributed by atoms with Crippen molar-refractivity contribution >= 4 is 5.91 Å². The van der Waals surface area contributed by atoms with E-state index in [1.807, 2.05) is 20.0 Å². The van der Waals surface area contributed by atoms with Crippen LogP contribution >= 0.6 is 0 Å². The molecule has 124 valence electrons. The molecule has 2 heterocycles. The van der Waals surface area contributed by atoms with E-state index in [0.717, 1.165) is 44.8 Å². The quantitative estimate of drug-likeness (QED) is 0.851. The van der Waals surface area contributed by atoms with E-state index in [-0.39, 0.29) is 5.91 Å². The highest BCUT2D eigenvalue weighted by Crippen LogP contribution is 2.08. The Labute approximate surface area is 133 Å². The molecule has 1 saturated heterocycles. The van der Waals surface area contributed by atoms with Crippen molar-refractivity contribution in [2.24, 2.45) is 0 Å². The molecule has 1 amide bonds. The lowest BCUT2D eigenvalue weighted by atomic mass is 10.1. The fraction of sp³-hybridized carbons (Fsp3) is 0.750. The van der Waals surface area contributed by atoms with E-state index >= 15 is 0 Å². The first-order chi connectivity index (χ1) is 10.5. The highest BCUT2D eigenvalue weighted by atomic mass is 16.1. The average molecular weight is 307 g/mol. The highest BCUT2D eigenvalue weighted by molar-refractivity contribution is 5.94. The molecule has 0 saturated carbocycles. The van der Waals surface area contributed by atoms with E-state index in [9.17, 15) is 4.79 Å². The molecule has 0 radical (unpaired) electrons. The van der Waals surface area contributed by atoms with Gasteiger partial charge in [-0.25, -0.2) is 0 Å². The maximum Gasteiger partial charge on any atom is 0.254 e. The Hall–Kier alpha value is -1.40. The van der Waals surface area contributed by atoms with Gasteiger partial charge in [0.2, 0.25) is 0 Å². The normalized spacial score (nSPS) is 18.4. The number of aromatic nitrogens is 2. The first-order valence-electron chi connectivity index (χ1n) is 8.26. The van der Waals surface area contributed by atoms with Crippen LogP contribution in [0.15, 0.2) is 6.20 Å². The molecule has 0 aliphatic carbocycles.